The number of carbonyl (C=O) groups excluding carboxylic acids is 1. The number of rotatable bonds is 2. The van der Waals surface area contributed by atoms with Crippen LogP contribution in [0.25, 0.3) is 0 Å². The first-order valence-corrected chi connectivity index (χ1v) is 11.8. The zero-order valence-corrected chi connectivity index (χ0v) is 18.7. The monoisotopic (exact) mass is 426 g/mol. The molecule has 4 aliphatic carbocycles. The van der Waals surface area contributed by atoms with Crippen molar-refractivity contribution in [2.24, 2.45) is 17.3 Å². The molecule has 31 heavy (non-hydrogen) atoms. The molecule has 0 saturated heterocycles. The topological polar surface area (TPSA) is 37.3 Å². The third-order valence-corrected chi connectivity index (χ3v) is 8.76. The molecule has 0 heterocycles. The normalized spacial score (nSPS) is 35.1. The Hall–Kier alpha value is -1.81. The summed E-state index contributed by atoms with van der Waals surface area (Å²) in [5.41, 5.74) is 4.29. The molecule has 5 unspecified atom stereocenters. The summed E-state index contributed by atoms with van der Waals surface area (Å²) in [6, 6.07) is 3.06. The van der Waals surface area contributed by atoms with Gasteiger partial charge in [-0.2, -0.15) is 0 Å². The first kappa shape index (κ1) is 21.1. The molecular formula is C27H32F2O2. The Morgan fingerprint density at radius 2 is 1.77 bits per heavy atom. The van der Waals surface area contributed by atoms with E-state index in [-0.39, 0.29) is 34.7 Å². The van der Waals surface area contributed by atoms with E-state index in [1.54, 1.807) is 19.9 Å². The first-order valence-electron chi connectivity index (χ1n) is 11.8. The Bertz CT molecular complexity index is 981. The molecule has 1 aromatic carbocycles. The molecule has 4 aliphatic rings. The van der Waals surface area contributed by atoms with Crippen molar-refractivity contribution in [1.82, 2.24) is 0 Å². The van der Waals surface area contributed by atoms with Crippen LogP contribution in [0.15, 0.2) is 34.9 Å². The second-order valence-corrected chi connectivity index (χ2v) is 10.7. The zero-order valence-electron chi connectivity index (χ0n) is 18.7. The van der Waals surface area contributed by atoms with Gasteiger partial charge in [0.25, 0.3) is 0 Å². The minimum Gasteiger partial charge on any atom is -0.393 e. The van der Waals surface area contributed by atoms with Crippen LogP contribution in [0.5, 0.6) is 0 Å². The van der Waals surface area contributed by atoms with Crippen LogP contribution in [0.4, 0.5) is 8.78 Å². The van der Waals surface area contributed by atoms with Gasteiger partial charge in [-0.3, -0.25) is 4.79 Å². The summed E-state index contributed by atoms with van der Waals surface area (Å²) in [6.45, 7) is 5.79. The number of carbonyl (C=O) groups is 1. The van der Waals surface area contributed by atoms with Crippen LogP contribution < -0.4 is 0 Å². The van der Waals surface area contributed by atoms with Gasteiger partial charge >= 0.3 is 0 Å². The molecule has 5 rings (SSSR count). The van der Waals surface area contributed by atoms with Gasteiger partial charge in [0.15, 0.2) is 5.78 Å². The van der Waals surface area contributed by atoms with Crippen LogP contribution in [-0.2, 0) is 4.79 Å². The molecule has 0 aromatic heterocycles. The zero-order chi connectivity index (χ0) is 22.1. The van der Waals surface area contributed by atoms with Crippen molar-refractivity contribution in [3.63, 3.8) is 0 Å². The van der Waals surface area contributed by atoms with E-state index in [1.165, 1.54) is 23.3 Å². The number of allylic oxidation sites excluding steroid dienone is 4. The number of halogens is 2. The molecule has 2 saturated carbocycles. The van der Waals surface area contributed by atoms with Crippen molar-refractivity contribution in [3.8, 4) is 0 Å². The van der Waals surface area contributed by atoms with Gasteiger partial charge in [0.2, 0.25) is 0 Å². The Morgan fingerprint density at radius 3 is 2.45 bits per heavy atom. The van der Waals surface area contributed by atoms with Crippen molar-refractivity contribution in [3.05, 3.63) is 57.7 Å². The average Bonchev–Trinajstić information content (AvgIpc) is 3.00. The minimum atomic E-state index is -0.475. The van der Waals surface area contributed by atoms with Crippen LogP contribution in [0.2, 0.25) is 0 Å². The van der Waals surface area contributed by atoms with Gasteiger partial charge in [-0.25, -0.2) is 8.78 Å². The van der Waals surface area contributed by atoms with Crippen molar-refractivity contribution in [2.75, 3.05) is 0 Å². The molecule has 0 aliphatic heterocycles. The van der Waals surface area contributed by atoms with Crippen molar-refractivity contribution < 1.29 is 18.7 Å². The van der Waals surface area contributed by atoms with Crippen LogP contribution in [-0.4, -0.2) is 17.0 Å². The van der Waals surface area contributed by atoms with Gasteiger partial charge in [-0.1, -0.05) is 26.3 Å². The van der Waals surface area contributed by atoms with Crippen LogP contribution in [0, 0.1) is 28.9 Å². The molecular weight excluding hydrogens is 394 g/mol. The Morgan fingerprint density at radius 1 is 1.06 bits per heavy atom. The Kier molecular flexibility index (Phi) is 5.00. The average molecular weight is 427 g/mol. The smallest absolute Gasteiger partial charge is 0.156 e. The van der Waals surface area contributed by atoms with Gasteiger partial charge in [-0.05, 0) is 96.6 Å². The molecule has 0 radical (unpaired) electrons. The van der Waals surface area contributed by atoms with E-state index in [4.69, 9.17) is 0 Å². The SMILES string of the molecule is CC(C)c1c(F)cc(C2CC3(C)C(O)CCC3C3CCC4=CC(=O)CCC4=C23)cc1F. The fourth-order valence-corrected chi connectivity index (χ4v) is 7.29. The number of aliphatic hydroxyl groups excluding tert-OH is 1. The van der Waals surface area contributed by atoms with Crippen molar-refractivity contribution in [2.45, 2.75) is 83.7 Å². The third-order valence-electron chi connectivity index (χ3n) is 8.76. The highest BCUT2D eigenvalue weighted by atomic mass is 19.1. The van der Waals surface area contributed by atoms with E-state index in [2.05, 4.69) is 6.92 Å². The molecule has 5 atom stereocenters. The maximum Gasteiger partial charge on any atom is 0.156 e. The number of aliphatic hydroxyl groups is 1. The van der Waals surface area contributed by atoms with E-state index < -0.39 is 11.6 Å². The second kappa shape index (κ2) is 7.37. The van der Waals surface area contributed by atoms with E-state index in [9.17, 15) is 9.90 Å². The summed E-state index contributed by atoms with van der Waals surface area (Å²) in [5, 5.41) is 10.9. The summed E-state index contributed by atoms with van der Waals surface area (Å²) in [5.74, 6) is -0.390. The number of hydrogen-bond donors (Lipinski definition) is 1. The highest BCUT2D eigenvalue weighted by molar-refractivity contribution is 5.93. The van der Waals surface area contributed by atoms with Crippen LogP contribution in [0.1, 0.15) is 88.7 Å². The lowest BCUT2D eigenvalue weighted by Gasteiger charge is -2.52. The Labute approximate surface area is 183 Å². The summed E-state index contributed by atoms with van der Waals surface area (Å²) in [4.78, 5) is 12.1. The fourth-order valence-electron chi connectivity index (χ4n) is 7.29. The highest BCUT2D eigenvalue weighted by Crippen LogP contribution is 2.63. The summed E-state index contributed by atoms with van der Waals surface area (Å²) >= 11 is 0. The quantitative estimate of drug-likeness (QED) is 0.598. The van der Waals surface area contributed by atoms with Gasteiger partial charge in [0, 0.05) is 17.9 Å². The maximum atomic E-state index is 15.0. The lowest BCUT2D eigenvalue weighted by atomic mass is 9.53. The number of hydrogen-bond acceptors (Lipinski definition) is 2. The summed E-state index contributed by atoms with van der Waals surface area (Å²) in [7, 11) is 0. The van der Waals surface area contributed by atoms with E-state index in [0.29, 0.717) is 30.2 Å². The van der Waals surface area contributed by atoms with Crippen LogP contribution in [0.3, 0.4) is 0 Å². The standard InChI is InChI=1S/C27H32F2O2/c1-14(2)25-22(28)11-16(12-23(25)29)20-13-27(3)21(8-9-24(27)31)19-6-4-15-10-17(30)5-7-18(15)26(19)20/h10-12,14,19-21,24,31H,4-9,13H2,1-3H3. The van der Waals surface area contributed by atoms with Gasteiger partial charge in [0.1, 0.15) is 11.6 Å². The lowest BCUT2D eigenvalue weighted by molar-refractivity contribution is -0.114. The second-order valence-electron chi connectivity index (χ2n) is 10.7. The number of ketones is 1. The first-order chi connectivity index (χ1) is 14.7. The molecule has 2 fully saturated rings. The van der Waals surface area contributed by atoms with E-state index in [1.807, 2.05) is 0 Å². The van der Waals surface area contributed by atoms with Gasteiger partial charge in [0.05, 0.1) is 6.10 Å². The molecule has 166 valence electrons. The van der Waals surface area contributed by atoms with Crippen molar-refractivity contribution in [1.29, 1.82) is 0 Å². The largest absolute Gasteiger partial charge is 0.393 e. The Balaban J connectivity index is 1.69. The van der Waals surface area contributed by atoms with Gasteiger partial charge in [-0.15, -0.1) is 0 Å². The van der Waals surface area contributed by atoms with Crippen molar-refractivity contribution >= 4 is 5.78 Å². The maximum absolute atomic E-state index is 15.0. The molecule has 0 spiro atoms. The molecule has 2 nitrogen and oxygen atoms in total. The lowest BCUT2D eigenvalue weighted by Crippen LogP contribution is -2.45. The molecule has 0 amide bonds. The van der Waals surface area contributed by atoms with Gasteiger partial charge < -0.3 is 5.11 Å². The molecule has 4 heteroatoms. The number of benzene rings is 1. The highest BCUT2D eigenvalue weighted by Gasteiger charge is 2.56. The summed E-state index contributed by atoms with van der Waals surface area (Å²) < 4.78 is 30.0. The minimum absolute atomic E-state index is 0.115. The fraction of sp³-hybridized carbons (Fsp3) is 0.593. The molecule has 0 bridgehead atoms. The molecule has 1 N–H and O–H groups in total. The summed E-state index contributed by atoms with van der Waals surface area (Å²) in [6.07, 6.45) is 7.02. The van der Waals surface area contributed by atoms with Crippen LogP contribution >= 0.6 is 0 Å². The van der Waals surface area contributed by atoms with E-state index in [0.717, 1.165) is 37.7 Å². The number of fused-ring (bicyclic) bond motifs is 4. The predicted molar refractivity (Wildman–Crippen MR) is 117 cm³/mol. The third kappa shape index (κ3) is 3.16. The molecule has 1 aromatic rings. The predicted octanol–water partition coefficient (Wildman–Crippen LogP) is 6.35. The van der Waals surface area contributed by atoms with E-state index >= 15 is 8.78 Å².